The van der Waals surface area contributed by atoms with Crippen LogP contribution in [0.25, 0.3) is 0 Å². The third-order valence-electron chi connectivity index (χ3n) is 5.64. The smallest absolute Gasteiger partial charge is 0.341 e. The number of nitrogens with zero attached hydrogens (tertiary/aromatic N) is 1. The molecule has 2 N–H and O–H groups in total. The van der Waals surface area contributed by atoms with Crippen molar-refractivity contribution in [3.05, 3.63) is 46.3 Å². The number of sulfonamides is 1. The first-order chi connectivity index (χ1) is 15.0. The molecule has 1 aliphatic rings. The summed E-state index contributed by atoms with van der Waals surface area (Å²) in [7, 11) is -4.00. The van der Waals surface area contributed by atoms with Gasteiger partial charge >= 0.3 is 5.97 Å². The summed E-state index contributed by atoms with van der Waals surface area (Å²) in [5.74, 6) is -1.36. The number of aromatic amines is 1. The summed E-state index contributed by atoms with van der Waals surface area (Å²) in [6.45, 7) is 9.36. The zero-order valence-corrected chi connectivity index (χ0v) is 20.1. The molecule has 1 saturated heterocycles. The van der Waals surface area contributed by atoms with Crippen molar-refractivity contribution in [2.24, 2.45) is 5.92 Å². The van der Waals surface area contributed by atoms with Crippen LogP contribution in [0, 0.1) is 33.6 Å². The molecule has 1 aliphatic heterocycles. The standard InChI is InChI=1S/C23H31N3O5S/c1-6-31-23(28)20-16(4)24-17(5)21(20)32(29,30)26-9-7-8-18(13-26)22(27)25-19-11-14(2)10-15(3)12-19/h10-12,18,24H,6-9,13H2,1-5H3,(H,25,27)/t18-/m0/s1. The molecule has 32 heavy (non-hydrogen) atoms. The summed E-state index contributed by atoms with van der Waals surface area (Å²) < 4.78 is 33.5. The van der Waals surface area contributed by atoms with Crippen LogP contribution in [0.1, 0.15) is 52.6 Å². The van der Waals surface area contributed by atoms with Crippen LogP contribution in [0.4, 0.5) is 5.69 Å². The molecule has 1 atom stereocenters. The van der Waals surface area contributed by atoms with Crippen LogP contribution in [0.15, 0.2) is 23.1 Å². The van der Waals surface area contributed by atoms with Gasteiger partial charge in [0.25, 0.3) is 0 Å². The molecular weight excluding hydrogens is 430 g/mol. The molecule has 0 radical (unpaired) electrons. The third kappa shape index (κ3) is 4.88. The zero-order valence-electron chi connectivity index (χ0n) is 19.2. The zero-order chi connectivity index (χ0) is 23.6. The molecule has 9 heteroatoms. The maximum absolute atomic E-state index is 13.5. The van der Waals surface area contributed by atoms with Crippen LogP contribution in [0.3, 0.4) is 0 Å². The fraction of sp³-hybridized carbons (Fsp3) is 0.478. The largest absolute Gasteiger partial charge is 0.462 e. The fourth-order valence-corrected chi connectivity index (χ4v) is 6.26. The number of carbonyl (C=O) groups is 2. The van der Waals surface area contributed by atoms with Crippen molar-refractivity contribution in [1.82, 2.24) is 9.29 Å². The van der Waals surface area contributed by atoms with E-state index in [4.69, 9.17) is 4.74 Å². The third-order valence-corrected chi connectivity index (χ3v) is 7.68. The lowest BCUT2D eigenvalue weighted by molar-refractivity contribution is -0.120. The van der Waals surface area contributed by atoms with Crippen LogP contribution >= 0.6 is 0 Å². The summed E-state index contributed by atoms with van der Waals surface area (Å²) in [6.07, 6.45) is 1.15. The van der Waals surface area contributed by atoms with Gasteiger partial charge in [0.2, 0.25) is 15.9 Å². The average molecular weight is 462 g/mol. The molecule has 0 spiro atoms. The van der Waals surface area contributed by atoms with Crippen molar-refractivity contribution >= 4 is 27.6 Å². The van der Waals surface area contributed by atoms with E-state index in [0.29, 0.717) is 36.5 Å². The van der Waals surface area contributed by atoms with E-state index in [1.165, 1.54) is 4.31 Å². The molecule has 8 nitrogen and oxygen atoms in total. The number of carbonyl (C=O) groups excluding carboxylic acids is 2. The molecule has 0 unspecified atom stereocenters. The second-order valence-corrected chi connectivity index (χ2v) is 10.2. The Kier molecular flexibility index (Phi) is 7.09. The van der Waals surface area contributed by atoms with Gasteiger partial charge in [-0.25, -0.2) is 13.2 Å². The number of hydrogen-bond acceptors (Lipinski definition) is 5. The predicted octanol–water partition coefficient (Wildman–Crippen LogP) is 3.46. The number of nitrogens with one attached hydrogen (secondary N) is 2. The molecule has 2 heterocycles. The summed E-state index contributed by atoms with van der Waals surface area (Å²) >= 11 is 0. The Morgan fingerprint density at radius 1 is 1.12 bits per heavy atom. The fourth-order valence-electron chi connectivity index (χ4n) is 4.32. The number of ether oxygens (including phenoxy) is 1. The lowest BCUT2D eigenvalue weighted by Crippen LogP contribution is -2.44. The molecule has 1 amide bonds. The SMILES string of the molecule is CCOC(=O)c1c(C)[nH]c(C)c1S(=O)(=O)N1CCC[C@H](C(=O)Nc2cc(C)cc(C)c2)C1. The topological polar surface area (TPSA) is 109 Å². The number of aromatic nitrogens is 1. The number of benzene rings is 1. The summed E-state index contributed by atoms with van der Waals surface area (Å²) in [5, 5.41) is 2.93. The van der Waals surface area contributed by atoms with Gasteiger partial charge in [-0.05, 0) is 70.7 Å². The van der Waals surface area contributed by atoms with E-state index in [9.17, 15) is 18.0 Å². The first-order valence-electron chi connectivity index (χ1n) is 10.8. The van der Waals surface area contributed by atoms with E-state index in [2.05, 4.69) is 10.3 Å². The van der Waals surface area contributed by atoms with Crippen molar-refractivity contribution in [3.63, 3.8) is 0 Å². The number of anilines is 1. The van der Waals surface area contributed by atoms with Gasteiger partial charge in [-0.3, -0.25) is 4.79 Å². The van der Waals surface area contributed by atoms with Crippen molar-refractivity contribution in [3.8, 4) is 0 Å². The molecule has 1 aromatic carbocycles. The minimum Gasteiger partial charge on any atom is -0.462 e. The number of hydrogen-bond donors (Lipinski definition) is 2. The Morgan fingerprint density at radius 3 is 2.41 bits per heavy atom. The first kappa shape index (κ1) is 24.0. The van der Waals surface area contributed by atoms with Crippen LogP contribution < -0.4 is 5.32 Å². The maximum Gasteiger partial charge on any atom is 0.341 e. The number of esters is 1. The minimum absolute atomic E-state index is 0.0335. The van der Waals surface area contributed by atoms with E-state index < -0.39 is 21.9 Å². The Balaban J connectivity index is 1.84. The van der Waals surface area contributed by atoms with E-state index in [1.54, 1.807) is 20.8 Å². The van der Waals surface area contributed by atoms with Crippen LogP contribution in [-0.4, -0.2) is 49.3 Å². The Hall–Kier alpha value is -2.65. The van der Waals surface area contributed by atoms with Gasteiger partial charge in [0.15, 0.2) is 0 Å². The van der Waals surface area contributed by atoms with E-state index in [-0.39, 0.29) is 29.5 Å². The van der Waals surface area contributed by atoms with E-state index >= 15 is 0 Å². The van der Waals surface area contributed by atoms with Crippen molar-refractivity contribution < 1.29 is 22.7 Å². The Bertz CT molecular complexity index is 1120. The molecule has 2 aromatic rings. The van der Waals surface area contributed by atoms with Crippen LogP contribution in [0.2, 0.25) is 0 Å². The molecule has 0 saturated carbocycles. The highest BCUT2D eigenvalue weighted by atomic mass is 32.2. The lowest BCUT2D eigenvalue weighted by atomic mass is 9.98. The molecule has 0 aliphatic carbocycles. The minimum atomic E-state index is -4.00. The van der Waals surface area contributed by atoms with Gasteiger partial charge in [0, 0.05) is 30.2 Å². The van der Waals surface area contributed by atoms with Gasteiger partial charge < -0.3 is 15.0 Å². The monoisotopic (exact) mass is 461 g/mol. The van der Waals surface area contributed by atoms with Crippen molar-refractivity contribution in [2.45, 2.75) is 52.4 Å². The molecule has 3 rings (SSSR count). The van der Waals surface area contributed by atoms with Gasteiger partial charge in [-0.15, -0.1) is 0 Å². The maximum atomic E-state index is 13.5. The van der Waals surface area contributed by atoms with Crippen molar-refractivity contribution in [2.75, 3.05) is 25.0 Å². The first-order valence-corrected chi connectivity index (χ1v) is 12.2. The molecular formula is C23H31N3O5S. The molecule has 1 aromatic heterocycles. The van der Waals surface area contributed by atoms with Crippen LogP contribution in [-0.2, 0) is 19.6 Å². The highest BCUT2D eigenvalue weighted by Gasteiger charge is 2.38. The van der Waals surface area contributed by atoms with Gasteiger partial charge in [-0.1, -0.05) is 6.07 Å². The summed E-state index contributed by atoms with van der Waals surface area (Å²) in [4.78, 5) is 28.3. The summed E-state index contributed by atoms with van der Waals surface area (Å²) in [5.41, 5.74) is 3.64. The number of H-pyrrole nitrogens is 1. The summed E-state index contributed by atoms with van der Waals surface area (Å²) in [6, 6.07) is 5.80. The molecule has 1 fully saturated rings. The van der Waals surface area contributed by atoms with Gasteiger partial charge in [0.05, 0.1) is 12.5 Å². The lowest BCUT2D eigenvalue weighted by Gasteiger charge is -2.31. The highest BCUT2D eigenvalue weighted by Crippen LogP contribution is 2.31. The van der Waals surface area contributed by atoms with Gasteiger partial charge in [-0.2, -0.15) is 4.31 Å². The van der Waals surface area contributed by atoms with Crippen LogP contribution in [0.5, 0.6) is 0 Å². The average Bonchev–Trinajstić information content (AvgIpc) is 3.02. The predicted molar refractivity (Wildman–Crippen MR) is 122 cm³/mol. The number of rotatable bonds is 6. The molecule has 174 valence electrons. The normalized spacial score (nSPS) is 17.2. The Morgan fingerprint density at radius 2 is 1.78 bits per heavy atom. The number of piperidine rings is 1. The quantitative estimate of drug-likeness (QED) is 0.641. The molecule has 0 bridgehead atoms. The second-order valence-electron chi connectivity index (χ2n) is 8.37. The number of aryl methyl sites for hydroxylation is 4. The van der Waals surface area contributed by atoms with Gasteiger partial charge in [0.1, 0.15) is 10.5 Å². The second kappa shape index (κ2) is 9.46. The Labute approximate surface area is 189 Å². The van der Waals surface area contributed by atoms with Crippen molar-refractivity contribution in [1.29, 1.82) is 0 Å². The van der Waals surface area contributed by atoms with E-state index in [0.717, 1.165) is 11.1 Å². The highest BCUT2D eigenvalue weighted by molar-refractivity contribution is 7.89. The van der Waals surface area contributed by atoms with E-state index in [1.807, 2.05) is 32.0 Å². The number of amides is 1.